The molecule has 1 heterocycles. The van der Waals surface area contributed by atoms with Gasteiger partial charge in [-0.2, -0.15) is 8.42 Å². The topological polar surface area (TPSA) is 111 Å². The largest absolute Gasteiger partial charge is 0.482 e. The fourth-order valence-corrected chi connectivity index (χ4v) is 1.77. The molecule has 1 aliphatic rings. The van der Waals surface area contributed by atoms with Crippen LogP contribution in [0.1, 0.15) is 0 Å². The number of anilines is 2. The van der Waals surface area contributed by atoms with Crippen molar-refractivity contribution >= 4 is 27.5 Å². The minimum atomic E-state index is -3.82. The number of amides is 1. The zero-order valence-electron chi connectivity index (χ0n) is 8.06. The lowest BCUT2D eigenvalue weighted by molar-refractivity contribution is -0.118. The maximum absolute atomic E-state index is 11.0. The molecule has 0 saturated carbocycles. The molecule has 0 unspecified atom stereocenters. The van der Waals surface area contributed by atoms with Crippen molar-refractivity contribution in [3.8, 4) is 5.75 Å². The van der Waals surface area contributed by atoms with Crippen LogP contribution >= 0.6 is 0 Å². The molecule has 1 aliphatic heterocycles. The lowest BCUT2D eigenvalue weighted by Gasteiger charge is -2.18. The van der Waals surface area contributed by atoms with E-state index in [0.717, 1.165) is 0 Å². The van der Waals surface area contributed by atoms with Gasteiger partial charge in [-0.15, -0.1) is 0 Å². The van der Waals surface area contributed by atoms with Gasteiger partial charge in [0.25, 0.3) is 16.1 Å². The molecular formula is C8H9N3O4S. The summed E-state index contributed by atoms with van der Waals surface area (Å²) >= 11 is 0. The summed E-state index contributed by atoms with van der Waals surface area (Å²) in [4.78, 5) is 11.0. The van der Waals surface area contributed by atoms with E-state index in [4.69, 9.17) is 9.88 Å². The first-order chi connectivity index (χ1) is 7.44. The first-order valence-corrected chi connectivity index (χ1v) is 5.86. The molecule has 0 atom stereocenters. The van der Waals surface area contributed by atoms with Gasteiger partial charge in [0.05, 0.1) is 11.4 Å². The Bertz CT molecular complexity index is 540. The van der Waals surface area contributed by atoms with Crippen molar-refractivity contribution in [3.05, 3.63) is 18.2 Å². The van der Waals surface area contributed by atoms with Crippen molar-refractivity contribution in [2.75, 3.05) is 16.6 Å². The summed E-state index contributed by atoms with van der Waals surface area (Å²) in [5.41, 5.74) is 0.664. The summed E-state index contributed by atoms with van der Waals surface area (Å²) in [6.45, 7) is -0.0467. The number of carbonyl (C=O) groups excluding carboxylic acids is 1. The number of rotatable bonds is 2. The van der Waals surface area contributed by atoms with E-state index in [2.05, 4.69) is 10.0 Å². The van der Waals surface area contributed by atoms with Crippen LogP contribution in [0, 0.1) is 0 Å². The minimum Gasteiger partial charge on any atom is -0.482 e. The van der Waals surface area contributed by atoms with Crippen LogP contribution in [0.4, 0.5) is 11.4 Å². The van der Waals surface area contributed by atoms with Gasteiger partial charge in [0.15, 0.2) is 6.61 Å². The maximum atomic E-state index is 11.0. The second-order valence-corrected chi connectivity index (χ2v) is 4.49. The van der Waals surface area contributed by atoms with E-state index >= 15 is 0 Å². The average Bonchev–Trinajstić information content (AvgIpc) is 2.14. The number of benzene rings is 1. The highest BCUT2D eigenvalue weighted by Gasteiger charge is 2.16. The molecule has 0 bridgehead atoms. The predicted molar refractivity (Wildman–Crippen MR) is 57.3 cm³/mol. The van der Waals surface area contributed by atoms with Crippen molar-refractivity contribution in [2.45, 2.75) is 0 Å². The molecule has 4 N–H and O–H groups in total. The molecule has 1 amide bonds. The van der Waals surface area contributed by atoms with Crippen molar-refractivity contribution in [1.82, 2.24) is 0 Å². The number of hydrogen-bond acceptors (Lipinski definition) is 4. The van der Waals surface area contributed by atoms with Crippen molar-refractivity contribution in [2.24, 2.45) is 5.14 Å². The molecule has 0 radical (unpaired) electrons. The van der Waals surface area contributed by atoms with E-state index in [1.54, 1.807) is 6.07 Å². The number of ether oxygens (including phenoxy) is 1. The van der Waals surface area contributed by atoms with E-state index in [1.807, 2.05) is 0 Å². The summed E-state index contributed by atoms with van der Waals surface area (Å²) in [5, 5.41) is 7.36. The molecule has 0 spiro atoms. The van der Waals surface area contributed by atoms with E-state index in [9.17, 15) is 13.2 Å². The summed E-state index contributed by atoms with van der Waals surface area (Å²) in [6, 6.07) is 4.46. The molecule has 8 heteroatoms. The van der Waals surface area contributed by atoms with Crippen LogP contribution < -0.4 is 19.9 Å². The second-order valence-electron chi connectivity index (χ2n) is 3.19. The van der Waals surface area contributed by atoms with Crippen LogP contribution in [0.5, 0.6) is 5.75 Å². The van der Waals surface area contributed by atoms with Gasteiger partial charge in [-0.25, -0.2) is 5.14 Å². The minimum absolute atomic E-state index is 0.0467. The molecule has 0 aromatic heterocycles. The Morgan fingerprint density at radius 2 is 2.19 bits per heavy atom. The van der Waals surface area contributed by atoms with Crippen molar-refractivity contribution < 1.29 is 17.9 Å². The number of fused-ring (bicyclic) bond motifs is 1. The normalized spacial score (nSPS) is 14.7. The SMILES string of the molecule is NS(=O)(=O)Nc1ccc2c(c1)NC(=O)CO2. The zero-order valence-corrected chi connectivity index (χ0v) is 8.87. The second kappa shape index (κ2) is 3.65. The van der Waals surface area contributed by atoms with E-state index in [1.165, 1.54) is 12.1 Å². The van der Waals surface area contributed by atoms with Gasteiger partial charge in [-0.05, 0) is 18.2 Å². The highest BCUT2D eigenvalue weighted by molar-refractivity contribution is 7.90. The third-order valence-corrected chi connectivity index (χ3v) is 2.39. The molecule has 7 nitrogen and oxygen atoms in total. The molecule has 1 aromatic carbocycles. The average molecular weight is 243 g/mol. The van der Waals surface area contributed by atoms with Gasteiger partial charge >= 0.3 is 0 Å². The Kier molecular flexibility index (Phi) is 2.44. The van der Waals surface area contributed by atoms with Gasteiger partial charge in [0, 0.05) is 0 Å². The highest BCUT2D eigenvalue weighted by Crippen LogP contribution is 2.30. The monoisotopic (exact) mass is 243 g/mol. The standard InChI is InChI=1S/C8H9N3O4S/c9-16(13,14)11-5-1-2-7-6(3-5)10-8(12)4-15-7/h1-3,11H,4H2,(H,10,12)(H2,9,13,14). The van der Waals surface area contributed by atoms with Crippen LogP contribution in [0.2, 0.25) is 0 Å². The van der Waals surface area contributed by atoms with Crippen LogP contribution in [-0.4, -0.2) is 20.9 Å². The third kappa shape index (κ3) is 2.41. The van der Waals surface area contributed by atoms with Crippen LogP contribution in [0.3, 0.4) is 0 Å². The fourth-order valence-electron chi connectivity index (χ4n) is 1.31. The first-order valence-electron chi connectivity index (χ1n) is 4.31. The van der Waals surface area contributed by atoms with Gasteiger partial charge in [0.1, 0.15) is 5.75 Å². The fraction of sp³-hybridized carbons (Fsp3) is 0.125. The number of carbonyl (C=O) groups is 1. The smallest absolute Gasteiger partial charge is 0.296 e. The van der Waals surface area contributed by atoms with Crippen LogP contribution in [0.15, 0.2) is 18.2 Å². The highest BCUT2D eigenvalue weighted by atomic mass is 32.2. The molecule has 86 valence electrons. The van der Waals surface area contributed by atoms with Gasteiger partial charge < -0.3 is 10.1 Å². The summed E-state index contributed by atoms with van der Waals surface area (Å²) < 4.78 is 28.8. The first kappa shape index (κ1) is 10.7. The van der Waals surface area contributed by atoms with E-state index in [-0.39, 0.29) is 18.2 Å². The molecular weight excluding hydrogens is 234 g/mol. The maximum Gasteiger partial charge on any atom is 0.296 e. The Hall–Kier alpha value is -1.80. The Balaban J connectivity index is 2.31. The molecule has 1 aromatic rings. The lowest BCUT2D eigenvalue weighted by Crippen LogP contribution is -2.26. The predicted octanol–water partition coefficient (Wildman–Crippen LogP) is -0.367. The number of nitrogens with one attached hydrogen (secondary N) is 2. The molecule has 0 aliphatic carbocycles. The van der Waals surface area contributed by atoms with Gasteiger partial charge in [0.2, 0.25) is 0 Å². The Morgan fingerprint density at radius 3 is 2.88 bits per heavy atom. The van der Waals surface area contributed by atoms with Crippen LogP contribution in [0.25, 0.3) is 0 Å². The van der Waals surface area contributed by atoms with Crippen LogP contribution in [-0.2, 0) is 15.0 Å². The third-order valence-electron chi connectivity index (χ3n) is 1.87. The van der Waals surface area contributed by atoms with E-state index in [0.29, 0.717) is 11.4 Å². The quantitative estimate of drug-likeness (QED) is 0.658. The Labute approximate surface area is 91.8 Å². The summed E-state index contributed by atoms with van der Waals surface area (Å²) in [6.07, 6.45) is 0. The molecule has 0 fully saturated rings. The molecule has 2 rings (SSSR count). The Morgan fingerprint density at radius 1 is 1.44 bits per heavy atom. The van der Waals surface area contributed by atoms with E-state index < -0.39 is 10.2 Å². The number of hydrogen-bond donors (Lipinski definition) is 3. The van der Waals surface area contributed by atoms with Crippen molar-refractivity contribution in [3.63, 3.8) is 0 Å². The summed E-state index contributed by atoms with van der Waals surface area (Å²) in [7, 11) is -3.82. The van der Waals surface area contributed by atoms with Crippen molar-refractivity contribution in [1.29, 1.82) is 0 Å². The zero-order chi connectivity index (χ0) is 11.8. The van der Waals surface area contributed by atoms with Gasteiger partial charge in [-0.1, -0.05) is 0 Å². The molecule has 0 saturated heterocycles. The lowest BCUT2D eigenvalue weighted by atomic mass is 10.2. The van der Waals surface area contributed by atoms with Gasteiger partial charge in [-0.3, -0.25) is 9.52 Å². The summed E-state index contributed by atoms with van der Waals surface area (Å²) in [5.74, 6) is 0.194. The molecule has 16 heavy (non-hydrogen) atoms. The number of nitrogens with two attached hydrogens (primary N) is 1.